The normalized spacial score (nSPS) is 18.7. The van der Waals surface area contributed by atoms with Crippen LogP contribution in [0.4, 0.5) is 0 Å². The summed E-state index contributed by atoms with van der Waals surface area (Å²) in [4.78, 5) is 1.59. The van der Waals surface area contributed by atoms with Gasteiger partial charge in [-0.1, -0.05) is 60.7 Å². The molecule has 2 aromatic carbocycles. The average Bonchev–Trinajstić information content (AvgIpc) is 2.62. The first kappa shape index (κ1) is 17.7. The van der Waals surface area contributed by atoms with Crippen LogP contribution in [0.3, 0.4) is 0 Å². The van der Waals surface area contributed by atoms with Gasteiger partial charge in [-0.25, -0.2) is 0 Å². The van der Waals surface area contributed by atoms with Crippen LogP contribution >= 0.6 is 0 Å². The standard InChI is InChI=1S/C20H23NO.ClH/c1-22-20(19-10-6-3-7-11-19)16-21-14-12-18(13-15-21)17-8-4-2-5-9-17;/h2-12,20H,13-16H2,1H3;1H. The molecule has 0 aromatic heterocycles. The Morgan fingerprint density at radius 1 is 1.00 bits per heavy atom. The van der Waals surface area contributed by atoms with Crippen LogP contribution in [0.5, 0.6) is 0 Å². The van der Waals surface area contributed by atoms with Crippen LogP contribution in [-0.2, 0) is 4.74 Å². The number of benzene rings is 2. The van der Waals surface area contributed by atoms with Crippen LogP contribution in [0.15, 0.2) is 66.7 Å². The molecule has 0 saturated carbocycles. The van der Waals surface area contributed by atoms with Crippen molar-refractivity contribution in [3.63, 3.8) is 0 Å². The van der Waals surface area contributed by atoms with Crippen molar-refractivity contribution in [3.05, 3.63) is 77.9 Å². The molecular formula is C20H24ClNO. The molecule has 0 fully saturated rings. The topological polar surface area (TPSA) is 13.7 Å². The van der Waals surface area contributed by atoms with E-state index in [9.17, 15) is 0 Å². The Kier molecular flexibility index (Phi) is 6.85. The Morgan fingerprint density at radius 3 is 2.22 bits per heavy atom. The summed E-state index contributed by atoms with van der Waals surface area (Å²) in [7, 11) is 1.81. The number of halogens is 1. The number of hydrogen-bond donors (Lipinski definition) is 1. The molecule has 0 radical (unpaired) electrons. The molecule has 0 amide bonds. The Bertz CT molecular complexity index is 612. The van der Waals surface area contributed by atoms with Crippen molar-refractivity contribution in [1.29, 1.82) is 0 Å². The third kappa shape index (κ3) is 4.68. The summed E-state index contributed by atoms with van der Waals surface area (Å²) in [5, 5.41) is 0. The Balaban J connectivity index is 0.00000192. The summed E-state index contributed by atoms with van der Waals surface area (Å²) in [5.74, 6) is 0. The lowest BCUT2D eigenvalue weighted by Gasteiger charge is -2.27. The SMILES string of the molecule is COC(C[NH+]1CC=C(c2ccccc2)CC1)c1ccccc1.[Cl-]. The zero-order valence-electron chi connectivity index (χ0n) is 13.5. The van der Waals surface area contributed by atoms with Crippen molar-refractivity contribution in [1.82, 2.24) is 0 Å². The first-order valence-corrected chi connectivity index (χ1v) is 8.02. The number of methoxy groups -OCH3 is 1. The van der Waals surface area contributed by atoms with Crippen molar-refractivity contribution >= 4 is 5.57 Å². The van der Waals surface area contributed by atoms with E-state index in [2.05, 4.69) is 66.7 Å². The minimum atomic E-state index is 0. The Labute approximate surface area is 145 Å². The molecule has 1 aliphatic rings. The molecule has 122 valence electrons. The van der Waals surface area contributed by atoms with Crippen molar-refractivity contribution in [2.24, 2.45) is 0 Å². The second-order valence-corrected chi connectivity index (χ2v) is 5.89. The molecular weight excluding hydrogens is 306 g/mol. The first-order valence-electron chi connectivity index (χ1n) is 8.02. The van der Waals surface area contributed by atoms with E-state index in [1.54, 1.807) is 4.90 Å². The highest BCUT2D eigenvalue weighted by Crippen LogP contribution is 2.19. The third-order valence-corrected chi connectivity index (χ3v) is 4.46. The van der Waals surface area contributed by atoms with Gasteiger partial charge in [0.2, 0.25) is 0 Å². The number of ether oxygens (including phenoxy) is 1. The minimum Gasteiger partial charge on any atom is -1.00 e. The number of nitrogens with one attached hydrogen (secondary N) is 1. The van der Waals surface area contributed by atoms with Gasteiger partial charge in [-0.3, -0.25) is 0 Å². The molecule has 0 saturated heterocycles. The van der Waals surface area contributed by atoms with Crippen LogP contribution in [0, 0.1) is 0 Å². The quantitative estimate of drug-likeness (QED) is 0.799. The molecule has 0 aliphatic carbocycles. The first-order chi connectivity index (χ1) is 10.9. The predicted octanol–water partition coefficient (Wildman–Crippen LogP) is -0.250. The van der Waals surface area contributed by atoms with Gasteiger partial charge in [0, 0.05) is 13.5 Å². The molecule has 3 rings (SSSR count). The maximum absolute atomic E-state index is 5.71. The van der Waals surface area contributed by atoms with E-state index in [4.69, 9.17) is 4.74 Å². The Hall–Kier alpha value is -1.61. The number of quaternary nitrogens is 1. The highest BCUT2D eigenvalue weighted by molar-refractivity contribution is 5.65. The lowest BCUT2D eigenvalue weighted by atomic mass is 9.99. The van der Waals surface area contributed by atoms with Crippen LogP contribution in [-0.4, -0.2) is 26.7 Å². The van der Waals surface area contributed by atoms with Gasteiger partial charge in [-0.05, 0) is 22.8 Å². The summed E-state index contributed by atoms with van der Waals surface area (Å²) in [5.41, 5.74) is 4.13. The lowest BCUT2D eigenvalue weighted by Crippen LogP contribution is -3.13. The van der Waals surface area contributed by atoms with Crippen molar-refractivity contribution < 1.29 is 22.0 Å². The molecule has 3 heteroatoms. The highest BCUT2D eigenvalue weighted by Gasteiger charge is 2.21. The second kappa shape index (κ2) is 8.88. The summed E-state index contributed by atoms with van der Waals surface area (Å²) < 4.78 is 5.71. The van der Waals surface area contributed by atoms with Crippen molar-refractivity contribution in [2.45, 2.75) is 12.5 Å². The van der Waals surface area contributed by atoms with Crippen molar-refractivity contribution in [3.8, 4) is 0 Å². The number of rotatable bonds is 5. The monoisotopic (exact) mass is 329 g/mol. The average molecular weight is 330 g/mol. The largest absolute Gasteiger partial charge is 1.00 e. The van der Waals surface area contributed by atoms with E-state index in [0.29, 0.717) is 0 Å². The molecule has 1 heterocycles. The van der Waals surface area contributed by atoms with Gasteiger partial charge in [0.25, 0.3) is 0 Å². The van der Waals surface area contributed by atoms with Gasteiger partial charge < -0.3 is 22.0 Å². The molecule has 2 unspecified atom stereocenters. The van der Waals surface area contributed by atoms with Crippen LogP contribution < -0.4 is 17.3 Å². The minimum absolute atomic E-state index is 0. The van der Waals surface area contributed by atoms with Crippen LogP contribution in [0.1, 0.15) is 23.7 Å². The Morgan fingerprint density at radius 2 is 1.65 bits per heavy atom. The summed E-state index contributed by atoms with van der Waals surface area (Å²) in [6.07, 6.45) is 3.72. The lowest BCUT2D eigenvalue weighted by molar-refractivity contribution is -0.898. The fraction of sp³-hybridized carbons (Fsp3) is 0.300. The summed E-state index contributed by atoms with van der Waals surface area (Å²) >= 11 is 0. The molecule has 0 spiro atoms. The molecule has 0 bridgehead atoms. The molecule has 1 aliphatic heterocycles. The fourth-order valence-corrected chi connectivity index (χ4v) is 3.15. The molecule has 2 aromatic rings. The predicted molar refractivity (Wildman–Crippen MR) is 90.8 cm³/mol. The van der Waals surface area contributed by atoms with Gasteiger partial charge >= 0.3 is 0 Å². The van der Waals surface area contributed by atoms with E-state index in [1.165, 1.54) is 23.2 Å². The van der Waals surface area contributed by atoms with Crippen LogP contribution in [0.2, 0.25) is 0 Å². The second-order valence-electron chi connectivity index (χ2n) is 5.89. The molecule has 1 N–H and O–H groups in total. The smallest absolute Gasteiger partial charge is 0.131 e. The summed E-state index contributed by atoms with van der Waals surface area (Å²) in [6, 6.07) is 21.3. The van der Waals surface area contributed by atoms with Crippen LogP contribution in [0.25, 0.3) is 5.57 Å². The maximum Gasteiger partial charge on any atom is 0.131 e. The molecule has 2 atom stereocenters. The van der Waals surface area contributed by atoms with E-state index in [0.717, 1.165) is 19.5 Å². The van der Waals surface area contributed by atoms with Gasteiger partial charge in [-0.15, -0.1) is 0 Å². The third-order valence-electron chi connectivity index (χ3n) is 4.46. The molecule has 23 heavy (non-hydrogen) atoms. The van der Waals surface area contributed by atoms with E-state index in [1.807, 2.05) is 7.11 Å². The van der Waals surface area contributed by atoms with E-state index >= 15 is 0 Å². The van der Waals surface area contributed by atoms with E-state index in [-0.39, 0.29) is 18.5 Å². The molecule has 2 nitrogen and oxygen atoms in total. The highest BCUT2D eigenvalue weighted by atomic mass is 35.5. The maximum atomic E-state index is 5.71. The van der Waals surface area contributed by atoms with Gasteiger partial charge in [0.1, 0.15) is 12.6 Å². The number of hydrogen-bond acceptors (Lipinski definition) is 1. The van der Waals surface area contributed by atoms with Gasteiger partial charge in [0.15, 0.2) is 0 Å². The fourth-order valence-electron chi connectivity index (χ4n) is 3.15. The van der Waals surface area contributed by atoms with E-state index < -0.39 is 0 Å². The zero-order chi connectivity index (χ0) is 15.2. The van der Waals surface area contributed by atoms with Crippen molar-refractivity contribution in [2.75, 3.05) is 26.7 Å². The van der Waals surface area contributed by atoms with Gasteiger partial charge in [0.05, 0.1) is 13.1 Å². The zero-order valence-corrected chi connectivity index (χ0v) is 14.3. The van der Waals surface area contributed by atoms with Gasteiger partial charge in [-0.2, -0.15) is 0 Å². The summed E-state index contributed by atoms with van der Waals surface area (Å²) in [6.45, 7) is 3.28.